The van der Waals surface area contributed by atoms with Crippen LogP contribution in [-0.2, 0) is 13.9 Å². The highest BCUT2D eigenvalue weighted by molar-refractivity contribution is 7.58. The number of carboxylic acids is 1. The van der Waals surface area contributed by atoms with Gasteiger partial charge < -0.3 is 14.5 Å². The van der Waals surface area contributed by atoms with Crippen molar-refractivity contribution in [3.63, 3.8) is 0 Å². The Kier molecular flexibility index (Phi) is 2.77. The molecule has 0 saturated heterocycles. The summed E-state index contributed by atoms with van der Waals surface area (Å²) in [4.78, 5) is 18.6. The average molecular weight is 166 g/mol. The number of carboxylic acid groups (broad SMARTS) is 1. The summed E-state index contributed by atoms with van der Waals surface area (Å²) in [5, 5.41) is 7.31. The van der Waals surface area contributed by atoms with Crippen LogP contribution in [0.3, 0.4) is 0 Å². The molecule has 0 saturated carbocycles. The lowest BCUT2D eigenvalue weighted by Gasteiger charge is -2.06. The lowest BCUT2D eigenvalue weighted by molar-refractivity contribution is -0.132. The van der Waals surface area contributed by atoms with Crippen molar-refractivity contribution in [2.75, 3.05) is 7.11 Å². The fourth-order valence-corrected chi connectivity index (χ4v) is 0.693. The molecule has 0 aromatic rings. The van der Waals surface area contributed by atoms with Gasteiger partial charge in [0.05, 0.1) is 0 Å². The van der Waals surface area contributed by atoms with Crippen molar-refractivity contribution in [2.45, 2.75) is 0 Å². The molecule has 0 aliphatic heterocycles. The molecule has 0 spiro atoms. The third-order valence-corrected chi connectivity index (χ3v) is 2.20. The number of hydrogen-bond acceptors (Lipinski definition) is 3. The van der Waals surface area contributed by atoms with Gasteiger partial charge in [-0.3, -0.25) is 4.57 Å². The van der Waals surface area contributed by atoms with Gasteiger partial charge in [-0.1, -0.05) is 6.58 Å². The first-order valence-electron chi connectivity index (χ1n) is 2.23. The fourth-order valence-electron chi connectivity index (χ4n) is 0.231. The monoisotopic (exact) mass is 166 g/mol. The largest absolute Gasteiger partial charge is 0.477 e. The average Bonchev–Trinajstić information content (AvgIpc) is 1.86. The Morgan fingerprint density at radius 1 is 1.70 bits per heavy atom. The molecule has 0 fully saturated rings. The lowest BCUT2D eigenvalue weighted by atomic mass is 10.7. The van der Waals surface area contributed by atoms with Crippen molar-refractivity contribution in [2.24, 2.45) is 0 Å². The van der Waals surface area contributed by atoms with Crippen LogP contribution in [0.5, 0.6) is 0 Å². The summed E-state index contributed by atoms with van der Waals surface area (Å²) < 4.78 is 14.6. The van der Waals surface area contributed by atoms with E-state index in [4.69, 9.17) is 10.00 Å². The maximum atomic E-state index is 10.6. The van der Waals surface area contributed by atoms with E-state index in [0.29, 0.717) is 0 Å². The van der Waals surface area contributed by atoms with Gasteiger partial charge in [0.1, 0.15) is 5.31 Å². The Hall–Kier alpha value is -0.640. The molecular formula is C4H7O5P. The quantitative estimate of drug-likeness (QED) is 0.468. The van der Waals surface area contributed by atoms with Crippen LogP contribution in [0.15, 0.2) is 11.9 Å². The van der Waals surface area contributed by atoms with Crippen LogP contribution >= 0.6 is 7.60 Å². The Labute approximate surface area is 57.5 Å². The maximum Gasteiger partial charge on any atom is 0.365 e. The van der Waals surface area contributed by atoms with E-state index in [1.165, 1.54) is 0 Å². The van der Waals surface area contributed by atoms with Crippen molar-refractivity contribution in [3.05, 3.63) is 11.9 Å². The molecule has 0 amide bonds. The number of carbonyl (C=O) groups is 1. The Balaban J connectivity index is 4.51. The van der Waals surface area contributed by atoms with Crippen LogP contribution in [0.2, 0.25) is 0 Å². The Morgan fingerprint density at radius 3 is 2.20 bits per heavy atom. The van der Waals surface area contributed by atoms with Gasteiger partial charge in [0.15, 0.2) is 0 Å². The predicted octanol–water partition coefficient (Wildman–Crippen LogP) is 0.416. The summed E-state index contributed by atoms with van der Waals surface area (Å²) in [6.45, 7) is 2.86. The molecule has 5 nitrogen and oxygen atoms in total. The van der Waals surface area contributed by atoms with Crippen LogP contribution in [0.25, 0.3) is 0 Å². The molecule has 0 heterocycles. The zero-order valence-electron chi connectivity index (χ0n) is 5.27. The van der Waals surface area contributed by atoms with Gasteiger partial charge in [0.2, 0.25) is 0 Å². The first-order chi connectivity index (χ1) is 4.41. The summed E-state index contributed by atoms with van der Waals surface area (Å²) in [5.74, 6) is -1.53. The van der Waals surface area contributed by atoms with Gasteiger partial charge >= 0.3 is 13.6 Å². The van der Waals surface area contributed by atoms with Crippen molar-refractivity contribution in [1.29, 1.82) is 0 Å². The number of hydrogen-bond donors (Lipinski definition) is 2. The standard InChI is InChI=1S/C4H7O5P/c1-3(4(5)6)10(7,8)9-2/h1H2,2H3,(H,5,6)(H,7,8). The first-order valence-corrected chi connectivity index (χ1v) is 3.81. The van der Waals surface area contributed by atoms with Crippen molar-refractivity contribution in [1.82, 2.24) is 0 Å². The number of aliphatic carboxylic acids is 1. The summed E-state index contributed by atoms with van der Waals surface area (Å²) in [5.41, 5.74) is 0. The minimum absolute atomic E-state index is 0.824. The van der Waals surface area contributed by atoms with Crippen LogP contribution in [0.4, 0.5) is 0 Å². The Morgan fingerprint density at radius 2 is 2.10 bits per heavy atom. The lowest BCUT2D eigenvalue weighted by Crippen LogP contribution is -2.00. The molecule has 0 aliphatic rings. The third kappa shape index (κ3) is 1.95. The summed E-state index contributed by atoms with van der Waals surface area (Å²) in [7, 11) is -3.18. The molecule has 2 N–H and O–H groups in total. The molecule has 58 valence electrons. The first kappa shape index (κ1) is 9.36. The predicted molar refractivity (Wildman–Crippen MR) is 33.6 cm³/mol. The molecule has 0 rings (SSSR count). The molecular weight excluding hydrogens is 159 g/mol. The van der Waals surface area contributed by atoms with Crippen molar-refractivity contribution in [3.8, 4) is 0 Å². The molecule has 0 aromatic heterocycles. The third-order valence-electron chi connectivity index (χ3n) is 0.835. The smallest absolute Gasteiger partial charge is 0.365 e. The zero-order chi connectivity index (χ0) is 8.36. The molecule has 1 atom stereocenters. The molecule has 0 bridgehead atoms. The Bertz CT molecular complexity index is 208. The topological polar surface area (TPSA) is 83.8 Å². The highest BCUT2D eigenvalue weighted by Gasteiger charge is 2.27. The fraction of sp³-hybridized carbons (Fsp3) is 0.250. The van der Waals surface area contributed by atoms with Crippen LogP contribution < -0.4 is 0 Å². The normalized spacial score (nSPS) is 15.8. The summed E-state index contributed by atoms with van der Waals surface area (Å²) >= 11 is 0. The molecule has 0 aromatic carbocycles. The summed E-state index contributed by atoms with van der Waals surface area (Å²) in [6, 6.07) is 0. The minimum atomic E-state index is -4.11. The second kappa shape index (κ2) is 2.96. The van der Waals surface area contributed by atoms with Gasteiger partial charge in [0.25, 0.3) is 0 Å². The second-order valence-electron chi connectivity index (χ2n) is 1.45. The van der Waals surface area contributed by atoms with E-state index >= 15 is 0 Å². The molecule has 0 aliphatic carbocycles. The van der Waals surface area contributed by atoms with Gasteiger partial charge in [-0.25, -0.2) is 4.79 Å². The van der Waals surface area contributed by atoms with Crippen LogP contribution in [0.1, 0.15) is 0 Å². The molecule has 1 unspecified atom stereocenters. The summed E-state index contributed by atoms with van der Waals surface area (Å²) in [6.07, 6.45) is 0. The van der Waals surface area contributed by atoms with Crippen molar-refractivity contribution < 1.29 is 23.9 Å². The number of rotatable bonds is 3. The van der Waals surface area contributed by atoms with Gasteiger partial charge in [-0.05, 0) is 0 Å². The van der Waals surface area contributed by atoms with Crippen LogP contribution in [-0.4, -0.2) is 23.1 Å². The zero-order valence-corrected chi connectivity index (χ0v) is 6.17. The highest BCUT2D eigenvalue weighted by Crippen LogP contribution is 2.48. The van der Waals surface area contributed by atoms with E-state index in [0.717, 1.165) is 7.11 Å². The van der Waals surface area contributed by atoms with E-state index in [9.17, 15) is 9.36 Å². The maximum absolute atomic E-state index is 10.6. The van der Waals surface area contributed by atoms with E-state index < -0.39 is 18.9 Å². The molecule has 0 radical (unpaired) electrons. The molecule has 10 heavy (non-hydrogen) atoms. The molecule has 6 heteroatoms. The second-order valence-corrected chi connectivity index (χ2v) is 3.40. The van der Waals surface area contributed by atoms with Gasteiger partial charge in [0, 0.05) is 7.11 Å². The minimum Gasteiger partial charge on any atom is -0.477 e. The van der Waals surface area contributed by atoms with E-state index in [2.05, 4.69) is 11.1 Å². The van der Waals surface area contributed by atoms with Crippen molar-refractivity contribution >= 4 is 13.6 Å². The van der Waals surface area contributed by atoms with Crippen LogP contribution in [0, 0.1) is 0 Å². The SMILES string of the molecule is C=C(C(=O)O)P(=O)(O)OC. The van der Waals surface area contributed by atoms with Gasteiger partial charge in [-0.15, -0.1) is 0 Å². The van der Waals surface area contributed by atoms with E-state index in [1.54, 1.807) is 0 Å². The van der Waals surface area contributed by atoms with E-state index in [-0.39, 0.29) is 0 Å². The van der Waals surface area contributed by atoms with Gasteiger partial charge in [-0.2, -0.15) is 0 Å². The van der Waals surface area contributed by atoms with E-state index in [1.807, 2.05) is 0 Å². The highest BCUT2D eigenvalue weighted by atomic mass is 31.2.